The number of likely N-dealkylation sites (tertiary alicyclic amines) is 1. The Labute approximate surface area is 189 Å². The molecule has 0 aliphatic carbocycles. The molecule has 11 heteroatoms. The van der Waals surface area contributed by atoms with Crippen LogP contribution in [0.15, 0.2) is 56.8 Å². The highest BCUT2D eigenvalue weighted by Crippen LogP contribution is 2.38. The first-order valence-corrected chi connectivity index (χ1v) is 10.8. The molecule has 2 atom stereocenters. The highest BCUT2D eigenvalue weighted by Gasteiger charge is 2.47. The van der Waals surface area contributed by atoms with Gasteiger partial charge in [-0.2, -0.15) is 10.4 Å². The number of hydrogen-bond acceptors (Lipinski definition) is 9. The van der Waals surface area contributed by atoms with Gasteiger partial charge in [-0.15, -0.1) is 0 Å². The third-order valence-corrected chi connectivity index (χ3v) is 6.14. The van der Waals surface area contributed by atoms with E-state index in [1.54, 1.807) is 17.3 Å². The summed E-state index contributed by atoms with van der Waals surface area (Å²) in [6.07, 6.45) is 6.13. The van der Waals surface area contributed by atoms with E-state index in [2.05, 4.69) is 20.3 Å². The van der Waals surface area contributed by atoms with E-state index in [1.165, 1.54) is 0 Å². The Morgan fingerprint density at radius 1 is 1.26 bits per heavy atom. The zero-order valence-corrected chi connectivity index (χ0v) is 18.1. The van der Waals surface area contributed by atoms with Crippen LogP contribution in [0.2, 0.25) is 10.3 Å². The van der Waals surface area contributed by atoms with Crippen LogP contribution in [0.3, 0.4) is 0 Å². The van der Waals surface area contributed by atoms with Crippen LogP contribution >= 0.6 is 23.2 Å². The molecule has 3 aliphatic rings. The lowest BCUT2D eigenvalue weighted by atomic mass is 9.96. The van der Waals surface area contributed by atoms with Crippen molar-refractivity contribution < 1.29 is 4.42 Å². The minimum absolute atomic E-state index is 0.244. The van der Waals surface area contributed by atoms with Crippen molar-refractivity contribution >= 4 is 35.0 Å². The summed E-state index contributed by atoms with van der Waals surface area (Å²) in [6, 6.07) is 7.71. The number of aromatic nitrogens is 1. The molecular weight excluding hydrogens is 439 g/mol. The Balaban J connectivity index is 1.43. The summed E-state index contributed by atoms with van der Waals surface area (Å²) in [5, 5.41) is 2.44. The van der Waals surface area contributed by atoms with Crippen molar-refractivity contribution in [1.29, 1.82) is 0 Å². The molecule has 0 aromatic carbocycles. The monoisotopic (exact) mass is 460 g/mol. The molecule has 1 saturated heterocycles. The second kappa shape index (κ2) is 7.83. The molecule has 0 saturated carbocycles. The van der Waals surface area contributed by atoms with E-state index in [0.717, 1.165) is 31.5 Å². The molecule has 0 bridgehead atoms. The van der Waals surface area contributed by atoms with Gasteiger partial charge >= 0.3 is 0 Å². The van der Waals surface area contributed by atoms with Gasteiger partial charge in [0.1, 0.15) is 21.9 Å². The summed E-state index contributed by atoms with van der Waals surface area (Å²) in [5.41, 5.74) is 15.6. The number of aliphatic imine (C=N–C) groups is 2. The summed E-state index contributed by atoms with van der Waals surface area (Å²) in [6.45, 7) is 1.69. The number of nitrogens with two attached hydrogens (primary N) is 2. The predicted molar refractivity (Wildman–Crippen MR) is 119 cm³/mol. The topological polar surface area (TPSA) is 121 Å². The highest BCUT2D eigenvalue weighted by molar-refractivity contribution is 6.32. The lowest BCUT2D eigenvalue weighted by Gasteiger charge is -2.33. The number of rotatable bonds is 5. The molecule has 31 heavy (non-hydrogen) atoms. The molecule has 1 fully saturated rings. The maximum absolute atomic E-state index is 6.10. The minimum atomic E-state index is -0.819. The zero-order chi connectivity index (χ0) is 21.6. The van der Waals surface area contributed by atoms with Crippen LogP contribution in [0, 0.1) is 0 Å². The Hall–Kier alpha value is -2.59. The number of halogens is 2. The number of guanidine groups is 1. The Morgan fingerprint density at radius 3 is 2.81 bits per heavy atom. The number of hydrazine groups is 1. The van der Waals surface area contributed by atoms with E-state index in [1.807, 2.05) is 24.3 Å². The SMILES string of the molecule is NC1=CC2=NC(CC3CCCN3Cc3cc(Cl)nc(Cl)c3)(c3ccco3)NN2C(N)=N1. The summed E-state index contributed by atoms with van der Waals surface area (Å²) >= 11 is 12.2. The van der Waals surface area contributed by atoms with Crippen LogP contribution < -0.4 is 16.9 Å². The first-order chi connectivity index (χ1) is 14.9. The van der Waals surface area contributed by atoms with E-state index >= 15 is 0 Å². The van der Waals surface area contributed by atoms with Gasteiger partial charge in [0.05, 0.1) is 6.26 Å². The largest absolute Gasteiger partial charge is 0.465 e. The fraction of sp³-hybridized carbons (Fsp3) is 0.350. The van der Waals surface area contributed by atoms with Crippen molar-refractivity contribution in [2.45, 2.75) is 37.5 Å². The van der Waals surface area contributed by atoms with Crippen molar-refractivity contribution in [2.75, 3.05) is 6.54 Å². The van der Waals surface area contributed by atoms with Gasteiger partial charge in [-0.25, -0.2) is 15.0 Å². The molecular formula is C20H22Cl2N8O. The first-order valence-electron chi connectivity index (χ1n) is 10.0. The van der Waals surface area contributed by atoms with Gasteiger partial charge < -0.3 is 15.9 Å². The molecule has 2 aromatic rings. The standard InChI is InChI=1S/C20H22Cl2N8O/c21-15-7-12(8-16(22)25-15)11-29-5-1-3-13(29)10-20(14-4-2-6-31-14)27-18-9-17(23)26-19(24)30(18)28-20/h2,4,6-9,13,28H,1,3,5,10-11,23H2,(H2,24,26). The summed E-state index contributed by atoms with van der Waals surface area (Å²) < 4.78 is 5.79. The number of nitrogens with zero attached hydrogens (tertiary/aromatic N) is 5. The van der Waals surface area contributed by atoms with Crippen molar-refractivity contribution in [3.63, 3.8) is 0 Å². The van der Waals surface area contributed by atoms with Gasteiger partial charge in [-0.1, -0.05) is 23.2 Å². The third-order valence-electron chi connectivity index (χ3n) is 5.75. The van der Waals surface area contributed by atoms with E-state index in [-0.39, 0.29) is 12.0 Å². The van der Waals surface area contributed by atoms with Gasteiger partial charge in [0.25, 0.3) is 0 Å². The second-order valence-corrected chi connectivity index (χ2v) is 8.66. The van der Waals surface area contributed by atoms with Crippen LogP contribution in [0.1, 0.15) is 30.6 Å². The highest BCUT2D eigenvalue weighted by atomic mass is 35.5. The van der Waals surface area contributed by atoms with Crippen molar-refractivity contribution in [2.24, 2.45) is 21.5 Å². The summed E-state index contributed by atoms with van der Waals surface area (Å²) in [7, 11) is 0. The van der Waals surface area contributed by atoms with E-state index < -0.39 is 5.66 Å². The van der Waals surface area contributed by atoms with E-state index in [0.29, 0.717) is 34.1 Å². The Kier molecular flexibility index (Phi) is 5.13. The molecule has 5 heterocycles. The predicted octanol–water partition coefficient (Wildman–Crippen LogP) is 2.54. The fourth-order valence-electron chi connectivity index (χ4n) is 4.46. The molecule has 162 valence electrons. The maximum atomic E-state index is 6.10. The normalized spacial score (nSPS) is 25.9. The molecule has 2 unspecified atom stereocenters. The lowest BCUT2D eigenvalue weighted by molar-refractivity contribution is 0.147. The van der Waals surface area contributed by atoms with Gasteiger partial charge in [-0.3, -0.25) is 4.90 Å². The minimum Gasteiger partial charge on any atom is -0.465 e. The summed E-state index contributed by atoms with van der Waals surface area (Å²) in [5.74, 6) is 1.88. The van der Waals surface area contributed by atoms with Crippen molar-refractivity contribution in [3.05, 3.63) is 64.1 Å². The van der Waals surface area contributed by atoms with Crippen molar-refractivity contribution in [1.82, 2.24) is 20.3 Å². The molecule has 9 nitrogen and oxygen atoms in total. The van der Waals surface area contributed by atoms with Gasteiger partial charge in [0.15, 0.2) is 11.5 Å². The van der Waals surface area contributed by atoms with Gasteiger partial charge in [0, 0.05) is 25.1 Å². The fourth-order valence-corrected chi connectivity index (χ4v) is 4.97. The average molecular weight is 461 g/mol. The second-order valence-electron chi connectivity index (χ2n) is 7.89. The van der Waals surface area contributed by atoms with E-state index in [4.69, 9.17) is 44.1 Å². The number of fused-ring (bicyclic) bond motifs is 1. The average Bonchev–Trinajstić information content (AvgIpc) is 3.42. The molecule has 0 amide bonds. The zero-order valence-electron chi connectivity index (χ0n) is 16.6. The smallest absolute Gasteiger partial charge is 0.218 e. The number of nitrogens with one attached hydrogen (secondary N) is 1. The number of amidine groups is 1. The van der Waals surface area contributed by atoms with E-state index in [9.17, 15) is 0 Å². The van der Waals surface area contributed by atoms with Crippen LogP contribution in [-0.2, 0) is 12.2 Å². The number of pyridine rings is 1. The van der Waals surface area contributed by atoms with Crippen LogP contribution in [0.25, 0.3) is 0 Å². The molecule has 0 radical (unpaired) electrons. The van der Waals surface area contributed by atoms with Crippen LogP contribution in [0.5, 0.6) is 0 Å². The van der Waals surface area contributed by atoms with Gasteiger partial charge in [-0.05, 0) is 49.2 Å². The molecule has 5 N–H and O–H groups in total. The third kappa shape index (κ3) is 3.89. The van der Waals surface area contributed by atoms with Gasteiger partial charge in [0.2, 0.25) is 5.96 Å². The summed E-state index contributed by atoms with van der Waals surface area (Å²) in [4.78, 5) is 15.5. The maximum Gasteiger partial charge on any atom is 0.218 e. The Bertz CT molecular complexity index is 1060. The van der Waals surface area contributed by atoms with Crippen molar-refractivity contribution in [3.8, 4) is 0 Å². The quantitative estimate of drug-likeness (QED) is 0.585. The molecule has 0 spiro atoms. The molecule has 2 aromatic heterocycles. The molecule has 3 aliphatic heterocycles. The molecule has 5 rings (SSSR count). The van der Waals surface area contributed by atoms with Crippen LogP contribution in [0.4, 0.5) is 0 Å². The van der Waals surface area contributed by atoms with Crippen LogP contribution in [-0.4, -0.2) is 39.3 Å². The Morgan fingerprint density at radius 2 is 2.06 bits per heavy atom. The lowest BCUT2D eigenvalue weighted by Crippen LogP contribution is -2.54. The first kappa shape index (κ1) is 20.3. The number of furan rings is 1. The number of hydrogen-bond donors (Lipinski definition) is 3.